The van der Waals surface area contributed by atoms with Crippen molar-refractivity contribution in [2.24, 2.45) is 9.98 Å². The summed E-state index contributed by atoms with van der Waals surface area (Å²) in [5.41, 5.74) is 4.58. The fourth-order valence-corrected chi connectivity index (χ4v) is 4.15. The van der Waals surface area contributed by atoms with Gasteiger partial charge in [0.15, 0.2) is 0 Å². The molecule has 2 aromatic carbocycles. The second-order valence-corrected chi connectivity index (χ2v) is 8.14. The van der Waals surface area contributed by atoms with Gasteiger partial charge in [-0.2, -0.15) is 0 Å². The number of benzene rings is 2. The molecule has 0 aliphatic carbocycles. The smallest absolute Gasteiger partial charge is 0.305 e. The quantitative estimate of drug-likeness (QED) is 0.290. The number of carbonyl (C=O) groups is 1. The van der Waals surface area contributed by atoms with E-state index in [1.54, 1.807) is 19.1 Å². The maximum atomic E-state index is 11.9. The number of carbonyl (C=O) groups excluding carboxylic acids is 1. The van der Waals surface area contributed by atoms with Gasteiger partial charge in [0, 0.05) is 31.7 Å². The molecule has 0 bridgehead atoms. The predicted molar refractivity (Wildman–Crippen MR) is 144 cm³/mol. The van der Waals surface area contributed by atoms with E-state index in [1.165, 1.54) is 7.11 Å². The molecule has 0 spiro atoms. The van der Waals surface area contributed by atoms with Gasteiger partial charge in [0.1, 0.15) is 24.3 Å². The molecule has 34 heavy (non-hydrogen) atoms. The number of hydrogen-bond acceptors (Lipinski definition) is 6. The first-order valence-corrected chi connectivity index (χ1v) is 11.9. The first kappa shape index (κ1) is 27.4. The van der Waals surface area contributed by atoms with Gasteiger partial charge >= 0.3 is 5.97 Å². The van der Waals surface area contributed by atoms with Crippen molar-refractivity contribution in [2.75, 3.05) is 32.8 Å². The lowest BCUT2D eigenvalue weighted by molar-refractivity contribution is -0.140. The van der Waals surface area contributed by atoms with Crippen LogP contribution in [0.3, 0.4) is 0 Å². The number of benzodiazepines with no additional fused rings is 1. The Labute approximate surface area is 205 Å². The maximum absolute atomic E-state index is 11.9. The zero-order valence-electron chi connectivity index (χ0n) is 20.9. The van der Waals surface area contributed by atoms with E-state index in [0.29, 0.717) is 12.3 Å². The van der Waals surface area contributed by atoms with Gasteiger partial charge in [0.05, 0.1) is 18.5 Å². The molecule has 1 aliphatic rings. The minimum atomic E-state index is -0.441. The lowest BCUT2D eigenvalue weighted by atomic mass is 9.98. The number of esters is 1. The zero-order valence-corrected chi connectivity index (χ0v) is 22.0. The summed E-state index contributed by atoms with van der Waals surface area (Å²) in [6, 6.07) is 13.7. The fraction of sp³-hybridized carbons (Fsp3) is 0.385. The highest BCUT2D eigenvalue weighted by Gasteiger charge is 2.33. The van der Waals surface area contributed by atoms with Crippen LogP contribution >= 0.6 is 9.24 Å². The number of ether oxygens (including phenoxy) is 2. The third-order valence-corrected chi connectivity index (χ3v) is 5.81. The molecule has 0 aromatic heterocycles. The van der Waals surface area contributed by atoms with Crippen LogP contribution in [-0.2, 0) is 14.3 Å². The van der Waals surface area contributed by atoms with Crippen LogP contribution in [-0.4, -0.2) is 57.3 Å². The SMILES string of the molecule is CC.CN=C1[C@H](CCC(=O)OC)N=C(c2ccccc2P)c2cc(C)ccc2N1C(=N)COC. The van der Waals surface area contributed by atoms with Crippen molar-refractivity contribution < 1.29 is 14.3 Å². The van der Waals surface area contributed by atoms with Gasteiger partial charge in [0.25, 0.3) is 0 Å². The van der Waals surface area contributed by atoms with Gasteiger partial charge < -0.3 is 9.47 Å². The summed E-state index contributed by atoms with van der Waals surface area (Å²) in [6.07, 6.45) is 0.603. The average Bonchev–Trinajstić information content (AvgIpc) is 2.98. The van der Waals surface area contributed by atoms with Crippen LogP contribution in [0.1, 0.15) is 43.4 Å². The third-order valence-electron chi connectivity index (χ3n) is 5.31. The van der Waals surface area contributed by atoms with Crippen molar-refractivity contribution in [1.29, 1.82) is 5.41 Å². The Kier molecular flexibility index (Phi) is 10.6. The van der Waals surface area contributed by atoms with Crippen LogP contribution in [0.15, 0.2) is 52.4 Å². The molecule has 0 amide bonds. The van der Waals surface area contributed by atoms with Crippen LogP contribution in [0.4, 0.5) is 5.69 Å². The molecular formula is C26H35N4O3P. The highest BCUT2D eigenvalue weighted by molar-refractivity contribution is 7.27. The van der Waals surface area contributed by atoms with Gasteiger partial charge in [-0.15, -0.1) is 9.24 Å². The average molecular weight is 483 g/mol. The van der Waals surface area contributed by atoms with E-state index in [2.05, 4.69) is 20.3 Å². The van der Waals surface area contributed by atoms with Crippen molar-refractivity contribution in [2.45, 2.75) is 39.7 Å². The summed E-state index contributed by atoms with van der Waals surface area (Å²) in [7, 11) is 7.40. The van der Waals surface area contributed by atoms with Crippen LogP contribution in [0.5, 0.6) is 0 Å². The number of hydrogen-bond donors (Lipinski definition) is 1. The van der Waals surface area contributed by atoms with Crippen LogP contribution in [0.25, 0.3) is 0 Å². The van der Waals surface area contributed by atoms with Crippen molar-refractivity contribution in [3.63, 3.8) is 0 Å². The zero-order chi connectivity index (χ0) is 25.3. The van der Waals surface area contributed by atoms with E-state index in [1.807, 2.05) is 57.2 Å². The Bertz CT molecular complexity index is 1080. The molecule has 2 atom stereocenters. The first-order valence-electron chi connectivity index (χ1n) is 11.3. The lowest BCUT2D eigenvalue weighted by Crippen LogP contribution is -2.44. The molecule has 1 aliphatic heterocycles. The van der Waals surface area contributed by atoms with Gasteiger partial charge in [-0.1, -0.05) is 49.7 Å². The molecule has 7 nitrogen and oxygen atoms in total. The maximum Gasteiger partial charge on any atom is 0.305 e. The molecule has 1 unspecified atom stereocenters. The van der Waals surface area contributed by atoms with Crippen LogP contribution in [0.2, 0.25) is 0 Å². The molecule has 0 fully saturated rings. The summed E-state index contributed by atoms with van der Waals surface area (Å²) in [5, 5.41) is 9.74. The van der Waals surface area contributed by atoms with Crippen molar-refractivity contribution in [1.82, 2.24) is 0 Å². The second-order valence-electron chi connectivity index (χ2n) is 7.51. The Morgan fingerprint density at radius 3 is 2.50 bits per heavy atom. The Morgan fingerprint density at radius 2 is 1.88 bits per heavy atom. The number of nitrogens with one attached hydrogen (secondary N) is 1. The monoisotopic (exact) mass is 482 g/mol. The molecule has 1 N–H and O–H groups in total. The highest BCUT2D eigenvalue weighted by Crippen LogP contribution is 2.31. The van der Waals surface area contributed by atoms with E-state index in [-0.39, 0.29) is 24.8 Å². The minimum absolute atomic E-state index is 0.117. The summed E-state index contributed by atoms with van der Waals surface area (Å²) >= 11 is 0. The predicted octanol–water partition coefficient (Wildman–Crippen LogP) is 4.15. The summed E-state index contributed by atoms with van der Waals surface area (Å²) in [6.45, 7) is 6.15. The highest BCUT2D eigenvalue weighted by atomic mass is 31.0. The number of fused-ring (bicyclic) bond motifs is 1. The Hall–Kier alpha value is -2.89. The summed E-state index contributed by atoms with van der Waals surface area (Å²) in [4.78, 5) is 23.4. The molecule has 0 radical (unpaired) electrons. The second kappa shape index (κ2) is 13.1. The molecule has 2 aromatic rings. The minimum Gasteiger partial charge on any atom is -0.469 e. The molecule has 1 heterocycles. The van der Waals surface area contributed by atoms with Gasteiger partial charge in [-0.05, 0) is 30.8 Å². The molecule has 182 valence electrons. The number of rotatable bonds is 6. The number of aryl methyl sites for hydroxylation is 1. The van der Waals surface area contributed by atoms with Crippen LogP contribution in [0, 0.1) is 12.3 Å². The summed E-state index contributed by atoms with van der Waals surface area (Å²) < 4.78 is 10.1. The number of methoxy groups -OCH3 is 2. The van der Waals surface area contributed by atoms with Crippen molar-refractivity contribution in [3.8, 4) is 0 Å². The van der Waals surface area contributed by atoms with E-state index in [4.69, 9.17) is 19.9 Å². The molecule has 0 saturated carbocycles. The van der Waals surface area contributed by atoms with E-state index >= 15 is 0 Å². The van der Waals surface area contributed by atoms with Crippen molar-refractivity contribution >= 4 is 43.6 Å². The van der Waals surface area contributed by atoms with E-state index < -0.39 is 6.04 Å². The Morgan fingerprint density at radius 1 is 1.18 bits per heavy atom. The topological polar surface area (TPSA) is 87.3 Å². The number of anilines is 1. The Balaban J connectivity index is 0.00000199. The van der Waals surface area contributed by atoms with Crippen molar-refractivity contribution in [3.05, 3.63) is 59.2 Å². The fourth-order valence-electron chi connectivity index (χ4n) is 3.80. The van der Waals surface area contributed by atoms with E-state index in [0.717, 1.165) is 33.4 Å². The largest absolute Gasteiger partial charge is 0.469 e. The van der Waals surface area contributed by atoms with Gasteiger partial charge in [0.2, 0.25) is 0 Å². The number of aliphatic imine (C=N–C) groups is 2. The van der Waals surface area contributed by atoms with Crippen LogP contribution < -0.4 is 10.2 Å². The number of amidine groups is 2. The summed E-state index contributed by atoms with van der Waals surface area (Å²) in [5.74, 6) is 0.536. The first-order chi connectivity index (χ1) is 16.4. The molecular weight excluding hydrogens is 447 g/mol. The van der Waals surface area contributed by atoms with E-state index in [9.17, 15) is 4.79 Å². The third kappa shape index (κ3) is 6.16. The molecule has 8 heteroatoms. The lowest BCUT2D eigenvalue weighted by Gasteiger charge is -2.28. The molecule has 0 saturated heterocycles. The molecule has 3 rings (SSSR count). The number of nitrogens with zero attached hydrogens (tertiary/aromatic N) is 3. The normalized spacial score (nSPS) is 16.1. The van der Waals surface area contributed by atoms with Gasteiger partial charge in [-0.3, -0.25) is 25.1 Å². The standard InChI is InChI=1S/C24H29N4O3P.C2H6/c1-15-9-11-19-17(13-15)23(16-7-5-6-8-20(16)32)27-18(10-12-22(29)31-4)24(26-2)28(19)21(25)14-30-3;1-2/h5-9,11,13,18,25H,10,12,14,32H2,1-4H3;1-2H3/t18-;/m0./s1. The van der Waals surface area contributed by atoms with Gasteiger partial charge in [-0.25, -0.2) is 0 Å².